The highest BCUT2D eigenvalue weighted by atomic mass is 19.4. The summed E-state index contributed by atoms with van der Waals surface area (Å²) in [5.41, 5.74) is 0.911. The first kappa shape index (κ1) is 16.8. The van der Waals surface area contributed by atoms with Gasteiger partial charge in [-0.1, -0.05) is 6.07 Å². The standard InChI is InChI=1S/C17H11F3N6O/c18-17(19,20)10-2-1-3-11(8-10)23-16-21-7-6-13(24-16)12-9-22-26-14(12)4-5-15(27)25-26/h1-9H,(H,25,27)(H,21,23,24). The monoisotopic (exact) mass is 372 g/mol. The molecular weight excluding hydrogens is 361 g/mol. The number of alkyl halides is 3. The lowest BCUT2D eigenvalue weighted by Crippen LogP contribution is -2.09. The Balaban J connectivity index is 1.68. The molecule has 0 aliphatic carbocycles. The third-order valence-corrected chi connectivity index (χ3v) is 3.79. The van der Waals surface area contributed by atoms with E-state index in [1.807, 2.05) is 0 Å². The van der Waals surface area contributed by atoms with Gasteiger partial charge >= 0.3 is 6.18 Å². The van der Waals surface area contributed by atoms with Crippen molar-refractivity contribution in [3.63, 3.8) is 0 Å². The largest absolute Gasteiger partial charge is 0.416 e. The maximum atomic E-state index is 12.8. The maximum Gasteiger partial charge on any atom is 0.416 e. The molecule has 7 nitrogen and oxygen atoms in total. The quantitative estimate of drug-likeness (QED) is 0.576. The van der Waals surface area contributed by atoms with Crippen LogP contribution >= 0.6 is 0 Å². The van der Waals surface area contributed by atoms with Gasteiger partial charge in [-0.25, -0.2) is 15.1 Å². The summed E-state index contributed by atoms with van der Waals surface area (Å²) < 4.78 is 39.8. The van der Waals surface area contributed by atoms with Crippen molar-refractivity contribution in [2.45, 2.75) is 6.18 Å². The lowest BCUT2D eigenvalue weighted by atomic mass is 10.2. The molecule has 136 valence electrons. The molecule has 0 aliphatic heterocycles. The molecule has 0 radical (unpaired) electrons. The third-order valence-electron chi connectivity index (χ3n) is 3.79. The first-order valence-corrected chi connectivity index (χ1v) is 7.75. The average Bonchev–Trinajstić information content (AvgIpc) is 3.04. The minimum absolute atomic E-state index is 0.135. The highest BCUT2D eigenvalue weighted by Gasteiger charge is 2.30. The van der Waals surface area contributed by atoms with Gasteiger partial charge in [0.05, 0.1) is 23.0 Å². The Bertz CT molecular complexity index is 1180. The van der Waals surface area contributed by atoms with E-state index in [1.165, 1.54) is 35.2 Å². The summed E-state index contributed by atoms with van der Waals surface area (Å²) in [4.78, 5) is 19.7. The Kier molecular flexibility index (Phi) is 3.87. The highest BCUT2D eigenvalue weighted by molar-refractivity contribution is 5.77. The zero-order valence-electron chi connectivity index (χ0n) is 13.5. The van der Waals surface area contributed by atoms with Crippen molar-refractivity contribution in [3.8, 4) is 11.3 Å². The van der Waals surface area contributed by atoms with Gasteiger partial charge in [-0.15, -0.1) is 0 Å². The van der Waals surface area contributed by atoms with E-state index < -0.39 is 11.7 Å². The molecule has 4 aromatic rings. The summed E-state index contributed by atoms with van der Waals surface area (Å²) in [6.07, 6.45) is -1.43. The van der Waals surface area contributed by atoms with Crippen LogP contribution in [0.2, 0.25) is 0 Å². The van der Waals surface area contributed by atoms with Crippen molar-refractivity contribution in [3.05, 3.63) is 70.8 Å². The Morgan fingerprint density at radius 3 is 2.78 bits per heavy atom. The molecule has 0 amide bonds. The number of benzene rings is 1. The predicted octanol–water partition coefficient (Wildman–Crippen LogP) is 3.24. The molecule has 0 aliphatic rings. The number of halogens is 3. The van der Waals surface area contributed by atoms with Crippen LogP contribution in [0.25, 0.3) is 16.8 Å². The van der Waals surface area contributed by atoms with Gasteiger partial charge in [0, 0.05) is 23.5 Å². The number of aromatic nitrogens is 5. The summed E-state index contributed by atoms with van der Waals surface area (Å²) in [7, 11) is 0. The van der Waals surface area contributed by atoms with E-state index in [0.717, 1.165) is 12.1 Å². The van der Waals surface area contributed by atoms with E-state index in [2.05, 4.69) is 25.5 Å². The van der Waals surface area contributed by atoms with E-state index in [0.29, 0.717) is 16.8 Å². The molecule has 4 rings (SSSR count). The molecule has 0 atom stereocenters. The molecular formula is C17H11F3N6O. The summed E-state index contributed by atoms with van der Waals surface area (Å²) in [6.45, 7) is 0. The van der Waals surface area contributed by atoms with Crippen LogP contribution in [0.15, 0.2) is 59.7 Å². The second-order valence-electron chi connectivity index (χ2n) is 5.63. The number of hydrogen-bond acceptors (Lipinski definition) is 5. The smallest absolute Gasteiger partial charge is 0.324 e. The summed E-state index contributed by atoms with van der Waals surface area (Å²) >= 11 is 0. The van der Waals surface area contributed by atoms with Crippen molar-refractivity contribution in [2.24, 2.45) is 0 Å². The van der Waals surface area contributed by atoms with E-state index in [1.54, 1.807) is 12.1 Å². The van der Waals surface area contributed by atoms with Gasteiger partial charge in [-0.3, -0.25) is 4.79 Å². The molecule has 0 fully saturated rings. The maximum absolute atomic E-state index is 12.8. The van der Waals surface area contributed by atoms with Gasteiger partial charge in [-0.2, -0.15) is 22.9 Å². The van der Waals surface area contributed by atoms with Crippen molar-refractivity contribution in [1.29, 1.82) is 0 Å². The van der Waals surface area contributed by atoms with Crippen molar-refractivity contribution < 1.29 is 13.2 Å². The van der Waals surface area contributed by atoms with Gasteiger partial charge in [-0.05, 0) is 30.3 Å². The fourth-order valence-corrected chi connectivity index (χ4v) is 2.57. The highest BCUT2D eigenvalue weighted by Crippen LogP contribution is 2.31. The van der Waals surface area contributed by atoms with Crippen LogP contribution in [0, 0.1) is 0 Å². The number of hydrogen-bond donors (Lipinski definition) is 2. The molecule has 1 aromatic carbocycles. The van der Waals surface area contributed by atoms with Gasteiger partial charge < -0.3 is 5.32 Å². The number of fused-ring (bicyclic) bond motifs is 1. The summed E-state index contributed by atoms with van der Waals surface area (Å²) in [5, 5.41) is 9.37. The third kappa shape index (κ3) is 3.36. The van der Waals surface area contributed by atoms with Crippen molar-refractivity contribution in [2.75, 3.05) is 5.32 Å². The number of H-pyrrole nitrogens is 1. The Morgan fingerprint density at radius 2 is 1.96 bits per heavy atom. The van der Waals surface area contributed by atoms with Crippen LogP contribution in [-0.4, -0.2) is 24.8 Å². The van der Waals surface area contributed by atoms with E-state index >= 15 is 0 Å². The van der Waals surface area contributed by atoms with E-state index in [-0.39, 0.29) is 17.2 Å². The molecule has 3 heterocycles. The molecule has 0 spiro atoms. The summed E-state index contributed by atoms with van der Waals surface area (Å²) in [5.74, 6) is 0.135. The van der Waals surface area contributed by atoms with Crippen LogP contribution in [-0.2, 0) is 6.18 Å². The fourth-order valence-electron chi connectivity index (χ4n) is 2.57. The lowest BCUT2D eigenvalue weighted by Gasteiger charge is -2.10. The first-order chi connectivity index (χ1) is 12.9. The minimum atomic E-state index is -4.44. The van der Waals surface area contributed by atoms with Crippen molar-refractivity contribution in [1.82, 2.24) is 24.8 Å². The zero-order valence-corrected chi connectivity index (χ0v) is 13.5. The summed E-state index contributed by atoms with van der Waals surface area (Å²) in [6, 6.07) is 9.37. The van der Waals surface area contributed by atoms with Crippen LogP contribution in [0.5, 0.6) is 0 Å². The van der Waals surface area contributed by atoms with Crippen LogP contribution in [0.4, 0.5) is 24.8 Å². The average molecular weight is 372 g/mol. The fraction of sp³-hybridized carbons (Fsp3) is 0.0588. The molecule has 0 saturated heterocycles. The van der Waals surface area contributed by atoms with Gasteiger partial charge in [0.15, 0.2) is 0 Å². The second-order valence-corrected chi connectivity index (χ2v) is 5.63. The second kappa shape index (κ2) is 6.24. The molecule has 3 aromatic heterocycles. The van der Waals surface area contributed by atoms with Gasteiger partial charge in [0.2, 0.25) is 5.95 Å². The SMILES string of the molecule is O=c1ccc2c(-c3ccnc(Nc4cccc(C(F)(F)F)c4)n3)cnn2[nH]1. The Morgan fingerprint density at radius 1 is 1.11 bits per heavy atom. The zero-order chi connectivity index (χ0) is 19.0. The lowest BCUT2D eigenvalue weighted by molar-refractivity contribution is -0.137. The van der Waals surface area contributed by atoms with Crippen LogP contribution in [0.3, 0.4) is 0 Å². The molecule has 0 bridgehead atoms. The van der Waals surface area contributed by atoms with Crippen LogP contribution in [0.1, 0.15) is 5.56 Å². The molecule has 27 heavy (non-hydrogen) atoms. The topological polar surface area (TPSA) is 88.0 Å². The normalized spacial score (nSPS) is 11.7. The minimum Gasteiger partial charge on any atom is -0.324 e. The van der Waals surface area contributed by atoms with Crippen molar-refractivity contribution >= 4 is 17.2 Å². The van der Waals surface area contributed by atoms with Gasteiger partial charge in [0.1, 0.15) is 0 Å². The number of aromatic amines is 1. The van der Waals surface area contributed by atoms with E-state index in [4.69, 9.17) is 0 Å². The van der Waals surface area contributed by atoms with Crippen LogP contribution < -0.4 is 10.9 Å². The number of nitrogens with one attached hydrogen (secondary N) is 2. The first-order valence-electron chi connectivity index (χ1n) is 7.75. The Hall–Kier alpha value is -3.69. The molecule has 0 unspecified atom stereocenters. The molecule has 0 saturated carbocycles. The molecule has 10 heteroatoms. The number of nitrogens with zero attached hydrogens (tertiary/aromatic N) is 4. The number of anilines is 2. The molecule has 2 N–H and O–H groups in total. The predicted molar refractivity (Wildman–Crippen MR) is 91.6 cm³/mol. The number of rotatable bonds is 3. The Labute approximate surface area is 149 Å². The van der Waals surface area contributed by atoms with E-state index in [9.17, 15) is 18.0 Å². The van der Waals surface area contributed by atoms with Gasteiger partial charge in [0.25, 0.3) is 5.56 Å².